The summed E-state index contributed by atoms with van der Waals surface area (Å²) in [5.41, 5.74) is 0.620. The summed E-state index contributed by atoms with van der Waals surface area (Å²) in [5.74, 6) is -2.31. The van der Waals surface area contributed by atoms with Crippen molar-refractivity contribution in [2.24, 2.45) is 22.7 Å². The zero-order valence-electron chi connectivity index (χ0n) is 22.8. The van der Waals surface area contributed by atoms with Gasteiger partial charge in [0.05, 0.1) is 6.10 Å². The highest BCUT2D eigenvalue weighted by Gasteiger charge is 2.62. The number of carbonyl (C=O) groups is 3. The highest BCUT2D eigenvalue weighted by atomic mass is 16.6. The molecule has 0 radical (unpaired) electrons. The third-order valence-electron chi connectivity index (χ3n) is 9.08. The molecule has 2 fully saturated rings. The summed E-state index contributed by atoms with van der Waals surface area (Å²) in [6.07, 6.45) is -0.0817. The number of rotatable bonds is 4. The molecule has 0 spiro atoms. The highest BCUT2D eigenvalue weighted by Crippen LogP contribution is 2.59. The zero-order chi connectivity index (χ0) is 28.0. The Balaban J connectivity index is 1.73. The minimum atomic E-state index is -1.27. The number of hydrogen-bond donors (Lipinski definition) is 2. The number of ketones is 1. The van der Waals surface area contributed by atoms with Gasteiger partial charge in [0.2, 0.25) is 0 Å². The molecule has 1 aromatic carbocycles. The van der Waals surface area contributed by atoms with Gasteiger partial charge in [-0.25, -0.2) is 4.79 Å². The largest absolute Gasteiger partial charge is 0.462 e. The molecule has 7 atom stereocenters. The molecule has 3 aliphatic rings. The fourth-order valence-electron chi connectivity index (χ4n) is 7.03. The van der Waals surface area contributed by atoms with Crippen LogP contribution in [-0.4, -0.2) is 52.4 Å². The summed E-state index contributed by atoms with van der Waals surface area (Å²) in [5, 5.41) is 23.1. The first-order chi connectivity index (χ1) is 17.8. The normalized spacial score (nSPS) is 34.8. The minimum absolute atomic E-state index is 0.132. The number of fused-ring (bicyclic) bond motifs is 3. The topological polar surface area (TPSA) is 110 Å². The number of ether oxygens (including phenoxy) is 2. The Morgan fingerprint density at radius 1 is 1.11 bits per heavy atom. The van der Waals surface area contributed by atoms with Gasteiger partial charge in [-0.15, -0.1) is 0 Å². The van der Waals surface area contributed by atoms with Crippen LogP contribution in [0.1, 0.15) is 59.4 Å². The van der Waals surface area contributed by atoms with Crippen LogP contribution >= 0.6 is 0 Å². The molecule has 0 aliphatic heterocycles. The molecule has 0 heterocycles. The third-order valence-corrected chi connectivity index (χ3v) is 9.08. The monoisotopic (exact) mass is 522 g/mol. The second kappa shape index (κ2) is 10.3. The summed E-state index contributed by atoms with van der Waals surface area (Å²) in [4.78, 5) is 38.2. The van der Waals surface area contributed by atoms with Crippen LogP contribution in [0, 0.1) is 22.7 Å². The van der Waals surface area contributed by atoms with E-state index in [1.54, 1.807) is 13.0 Å². The number of carbonyl (C=O) groups excluding carboxylic acids is 3. The molecule has 7 heteroatoms. The van der Waals surface area contributed by atoms with Gasteiger partial charge in [-0.05, 0) is 53.5 Å². The van der Waals surface area contributed by atoms with Crippen molar-refractivity contribution in [3.8, 4) is 0 Å². The first kappa shape index (κ1) is 28.0. The molecule has 0 amide bonds. The van der Waals surface area contributed by atoms with Crippen molar-refractivity contribution in [1.82, 2.24) is 0 Å². The first-order valence-electron chi connectivity index (χ1n) is 13.2. The zero-order valence-corrected chi connectivity index (χ0v) is 22.8. The maximum absolute atomic E-state index is 13.1. The van der Waals surface area contributed by atoms with Crippen molar-refractivity contribution in [3.63, 3.8) is 0 Å². The third kappa shape index (κ3) is 4.78. The summed E-state index contributed by atoms with van der Waals surface area (Å²) in [7, 11) is 0. The van der Waals surface area contributed by atoms with E-state index < -0.39 is 59.0 Å². The number of Topliss-reactive ketones (excluding diaryl/α,β-unsaturated/α-hetero) is 1. The van der Waals surface area contributed by atoms with Crippen LogP contribution in [0.4, 0.5) is 0 Å². The molecule has 0 saturated heterocycles. The van der Waals surface area contributed by atoms with Crippen LogP contribution in [-0.2, 0) is 23.9 Å². The van der Waals surface area contributed by atoms with Crippen molar-refractivity contribution in [1.29, 1.82) is 0 Å². The van der Waals surface area contributed by atoms with Gasteiger partial charge in [0, 0.05) is 36.7 Å². The predicted molar refractivity (Wildman–Crippen MR) is 142 cm³/mol. The molecular weight excluding hydrogens is 484 g/mol. The quantitative estimate of drug-likeness (QED) is 0.347. The van der Waals surface area contributed by atoms with E-state index in [9.17, 15) is 24.6 Å². The molecule has 3 aliphatic carbocycles. The van der Waals surface area contributed by atoms with Crippen LogP contribution in [0.2, 0.25) is 0 Å². The lowest BCUT2D eigenvalue weighted by Crippen LogP contribution is -2.62. The fraction of sp³-hybridized carbons (Fsp3) is 0.516. The van der Waals surface area contributed by atoms with Crippen LogP contribution in [0.3, 0.4) is 0 Å². The molecule has 1 aromatic rings. The molecule has 0 unspecified atom stereocenters. The molecule has 0 aromatic heterocycles. The number of aliphatic hydroxyl groups excluding tert-OH is 2. The summed E-state index contributed by atoms with van der Waals surface area (Å²) in [6.45, 7) is 13.0. The Hall–Kier alpha value is -3.03. The van der Waals surface area contributed by atoms with Gasteiger partial charge in [-0.3, -0.25) is 9.59 Å². The Kier molecular flexibility index (Phi) is 7.56. The Morgan fingerprint density at radius 2 is 1.76 bits per heavy atom. The van der Waals surface area contributed by atoms with Crippen LogP contribution in [0.5, 0.6) is 0 Å². The summed E-state index contributed by atoms with van der Waals surface area (Å²) >= 11 is 0. The van der Waals surface area contributed by atoms with E-state index in [0.29, 0.717) is 29.6 Å². The lowest BCUT2D eigenvalue weighted by molar-refractivity contribution is -0.183. The van der Waals surface area contributed by atoms with E-state index in [4.69, 9.17) is 9.47 Å². The van der Waals surface area contributed by atoms with Crippen LogP contribution < -0.4 is 0 Å². The average Bonchev–Trinajstić information content (AvgIpc) is 2.85. The molecule has 38 heavy (non-hydrogen) atoms. The van der Waals surface area contributed by atoms with E-state index in [1.807, 2.05) is 51.1 Å². The molecule has 4 rings (SSSR count). The fourth-order valence-corrected chi connectivity index (χ4v) is 7.03. The maximum Gasteiger partial charge on any atom is 0.331 e. The number of aliphatic hydroxyl groups is 2. The molecular formula is C31H38O7. The van der Waals surface area contributed by atoms with Gasteiger partial charge in [0.25, 0.3) is 0 Å². The standard InChI is InChI=1S/C31H38O7/c1-17-22(33)16-21-28(37-19(3)32)26-18(2)23(38-24(34)13-12-20-10-8-7-9-11-20)14-15-31(26,6)29(36)27(35)25(17)30(21,4)5/h7-13,21,23,26-29,35-36H,2,14-16H2,1,3-6H3/t21-,23+,26-,27-,28-,29+,31+/m1/s1. The summed E-state index contributed by atoms with van der Waals surface area (Å²) in [6, 6.07) is 9.38. The average molecular weight is 523 g/mol. The smallest absolute Gasteiger partial charge is 0.331 e. The van der Waals surface area contributed by atoms with Gasteiger partial charge in [0.1, 0.15) is 18.3 Å². The van der Waals surface area contributed by atoms with E-state index >= 15 is 0 Å². The van der Waals surface area contributed by atoms with E-state index in [0.717, 1.165) is 5.56 Å². The molecule has 2 N–H and O–H groups in total. The van der Waals surface area contributed by atoms with Gasteiger partial charge in [-0.2, -0.15) is 0 Å². The van der Waals surface area contributed by atoms with Crippen molar-refractivity contribution in [2.75, 3.05) is 0 Å². The van der Waals surface area contributed by atoms with Crippen LogP contribution in [0.25, 0.3) is 6.08 Å². The number of benzene rings is 1. The Labute approximate surface area is 224 Å². The van der Waals surface area contributed by atoms with Gasteiger partial charge < -0.3 is 19.7 Å². The second-order valence-corrected chi connectivity index (χ2v) is 11.7. The van der Waals surface area contributed by atoms with E-state index in [-0.39, 0.29) is 12.2 Å². The Bertz CT molecular complexity index is 1190. The maximum atomic E-state index is 13.1. The molecule has 2 bridgehead atoms. The minimum Gasteiger partial charge on any atom is -0.462 e. The second-order valence-electron chi connectivity index (χ2n) is 11.7. The van der Waals surface area contributed by atoms with Gasteiger partial charge in [0.15, 0.2) is 5.78 Å². The summed E-state index contributed by atoms with van der Waals surface area (Å²) < 4.78 is 11.8. The highest BCUT2D eigenvalue weighted by molar-refractivity contribution is 5.97. The number of esters is 2. The van der Waals surface area contributed by atoms with Crippen molar-refractivity contribution in [2.45, 2.75) is 78.3 Å². The Morgan fingerprint density at radius 3 is 2.39 bits per heavy atom. The number of allylic oxidation sites excluding steroid dienone is 1. The predicted octanol–water partition coefficient (Wildman–Crippen LogP) is 4.18. The first-order valence-corrected chi connectivity index (χ1v) is 13.2. The van der Waals surface area contributed by atoms with Gasteiger partial charge in [-0.1, -0.05) is 57.7 Å². The number of hydrogen-bond acceptors (Lipinski definition) is 7. The van der Waals surface area contributed by atoms with E-state index in [1.165, 1.54) is 13.0 Å². The molecule has 2 saturated carbocycles. The van der Waals surface area contributed by atoms with Crippen molar-refractivity contribution < 1.29 is 34.1 Å². The lowest BCUT2D eigenvalue weighted by Gasteiger charge is -2.58. The van der Waals surface area contributed by atoms with Crippen molar-refractivity contribution >= 4 is 23.8 Å². The van der Waals surface area contributed by atoms with Gasteiger partial charge >= 0.3 is 11.9 Å². The molecule has 7 nitrogen and oxygen atoms in total. The molecule has 204 valence electrons. The lowest BCUT2D eigenvalue weighted by atomic mass is 9.49. The van der Waals surface area contributed by atoms with Crippen molar-refractivity contribution in [3.05, 3.63) is 65.3 Å². The SMILES string of the molecule is C=C1[C@@H](OC(=O)C=Cc2ccccc2)CC[C@@]2(C)[C@H]1[C@H](OC(C)=O)[C@H]1CC(=O)C(C)=C([C@@H](O)[C@@H]2O)C1(C)C. The van der Waals surface area contributed by atoms with Crippen LogP contribution in [0.15, 0.2) is 59.7 Å². The van der Waals surface area contributed by atoms with E-state index in [2.05, 4.69) is 6.58 Å².